The van der Waals surface area contributed by atoms with Crippen LogP contribution in [0, 0.1) is 5.82 Å². The Bertz CT molecular complexity index is 704. The lowest BCUT2D eigenvalue weighted by molar-refractivity contribution is 0.595. The predicted molar refractivity (Wildman–Crippen MR) is 69.3 cm³/mol. The van der Waals surface area contributed by atoms with Gasteiger partial charge in [-0.1, -0.05) is 29.3 Å². The first-order valence-corrected chi connectivity index (χ1v) is 7.08. The molecule has 1 heterocycles. The standard InChI is InChI=1S/C10H6Cl2FN3O2S/c11-9-8(10(12)15-5-14-9)16-19(17,18)7-3-1-2-6(13)4-7/h1-5,16H. The number of hydrogen-bond donors (Lipinski definition) is 1. The van der Waals surface area contributed by atoms with Gasteiger partial charge >= 0.3 is 0 Å². The molecule has 1 aromatic heterocycles. The second-order valence-electron chi connectivity index (χ2n) is 3.39. The molecule has 0 saturated heterocycles. The fraction of sp³-hybridized carbons (Fsp3) is 0. The maximum atomic E-state index is 13.0. The third kappa shape index (κ3) is 3.12. The van der Waals surface area contributed by atoms with E-state index in [0.29, 0.717) is 0 Å². The van der Waals surface area contributed by atoms with Gasteiger partial charge in [-0.15, -0.1) is 0 Å². The fourth-order valence-corrected chi connectivity index (χ4v) is 2.88. The van der Waals surface area contributed by atoms with Crippen LogP contribution in [0.3, 0.4) is 0 Å². The monoisotopic (exact) mass is 321 g/mol. The van der Waals surface area contributed by atoms with Crippen LogP contribution < -0.4 is 4.72 Å². The summed E-state index contributed by atoms with van der Waals surface area (Å²) in [5.74, 6) is -0.676. The maximum Gasteiger partial charge on any atom is 0.262 e. The highest BCUT2D eigenvalue weighted by atomic mass is 35.5. The van der Waals surface area contributed by atoms with Crippen LogP contribution in [0.25, 0.3) is 0 Å². The van der Waals surface area contributed by atoms with Gasteiger partial charge in [-0.25, -0.2) is 22.8 Å². The third-order valence-corrected chi connectivity index (χ3v) is 4.02. The molecule has 0 radical (unpaired) electrons. The predicted octanol–water partition coefficient (Wildman–Crippen LogP) is 2.72. The zero-order valence-electron chi connectivity index (χ0n) is 9.14. The maximum absolute atomic E-state index is 13.0. The highest BCUT2D eigenvalue weighted by Gasteiger charge is 2.19. The van der Waals surface area contributed by atoms with Crippen molar-refractivity contribution in [2.75, 3.05) is 4.72 Å². The molecular formula is C10H6Cl2FN3O2S. The number of halogens is 3. The molecule has 0 atom stereocenters. The second kappa shape index (κ2) is 5.28. The van der Waals surface area contributed by atoms with Gasteiger partial charge < -0.3 is 0 Å². The minimum absolute atomic E-state index is 0.153. The smallest absolute Gasteiger partial charge is 0.262 e. The number of anilines is 1. The Labute approximate surface area is 118 Å². The van der Waals surface area contributed by atoms with Crippen molar-refractivity contribution in [3.8, 4) is 0 Å². The molecule has 0 unspecified atom stereocenters. The zero-order valence-corrected chi connectivity index (χ0v) is 11.5. The van der Waals surface area contributed by atoms with Gasteiger partial charge in [0.2, 0.25) is 0 Å². The van der Waals surface area contributed by atoms with E-state index in [4.69, 9.17) is 23.2 Å². The van der Waals surface area contributed by atoms with Crippen LogP contribution in [0.4, 0.5) is 10.1 Å². The van der Waals surface area contributed by atoms with E-state index >= 15 is 0 Å². The first-order valence-electron chi connectivity index (χ1n) is 4.84. The number of benzene rings is 1. The number of aromatic nitrogens is 2. The largest absolute Gasteiger partial charge is 0.274 e. The van der Waals surface area contributed by atoms with E-state index < -0.39 is 15.8 Å². The minimum Gasteiger partial charge on any atom is -0.274 e. The lowest BCUT2D eigenvalue weighted by Crippen LogP contribution is -2.14. The number of nitrogens with one attached hydrogen (secondary N) is 1. The molecule has 0 amide bonds. The van der Waals surface area contributed by atoms with Gasteiger partial charge in [-0.2, -0.15) is 0 Å². The molecular weight excluding hydrogens is 316 g/mol. The van der Waals surface area contributed by atoms with Gasteiger partial charge in [0.15, 0.2) is 10.3 Å². The minimum atomic E-state index is -4.02. The normalized spacial score (nSPS) is 11.3. The molecule has 100 valence electrons. The first kappa shape index (κ1) is 14.0. The van der Waals surface area contributed by atoms with Crippen LogP contribution in [-0.4, -0.2) is 18.4 Å². The molecule has 19 heavy (non-hydrogen) atoms. The van der Waals surface area contributed by atoms with E-state index in [2.05, 4.69) is 14.7 Å². The molecule has 0 bridgehead atoms. The summed E-state index contributed by atoms with van der Waals surface area (Å²) in [5.41, 5.74) is -0.157. The van der Waals surface area contributed by atoms with Crippen LogP contribution in [-0.2, 0) is 10.0 Å². The van der Waals surface area contributed by atoms with Gasteiger partial charge in [0.25, 0.3) is 10.0 Å². The zero-order chi connectivity index (χ0) is 14.0. The summed E-state index contributed by atoms with van der Waals surface area (Å²) >= 11 is 11.4. The molecule has 2 aromatic rings. The van der Waals surface area contributed by atoms with Crippen molar-refractivity contribution < 1.29 is 12.8 Å². The van der Waals surface area contributed by atoms with Crippen molar-refractivity contribution in [1.29, 1.82) is 0 Å². The summed E-state index contributed by atoms with van der Waals surface area (Å²) in [7, 11) is -4.02. The van der Waals surface area contributed by atoms with Gasteiger partial charge in [-0.3, -0.25) is 4.72 Å². The van der Waals surface area contributed by atoms with Gasteiger partial charge in [0, 0.05) is 0 Å². The molecule has 0 spiro atoms. The molecule has 0 aliphatic rings. The van der Waals surface area contributed by atoms with Crippen LogP contribution in [0.2, 0.25) is 10.3 Å². The van der Waals surface area contributed by atoms with Crippen molar-refractivity contribution in [1.82, 2.24) is 9.97 Å². The van der Waals surface area contributed by atoms with Crippen LogP contribution in [0.5, 0.6) is 0 Å². The van der Waals surface area contributed by atoms with E-state index in [0.717, 1.165) is 18.5 Å². The Kier molecular flexibility index (Phi) is 3.88. The molecule has 1 aromatic carbocycles. The van der Waals surface area contributed by atoms with Gasteiger partial charge in [-0.05, 0) is 18.2 Å². The van der Waals surface area contributed by atoms with E-state index in [1.165, 1.54) is 12.1 Å². The Morgan fingerprint density at radius 1 is 1.16 bits per heavy atom. The molecule has 0 fully saturated rings. The number of sulfonamides is 1. The van der Waals surface area contributed by atoms with Crippen molar-refractivity contribution in [3.63, 3.8) is 0 Å². The Morgan fingerprint density at radius 2 is 1.79 bits per heavy atom. The molecule has 2 rings (SSSR count). The molecule has 5 nitrogen and oxygen atoms in total. The Morgan fingerprint density at radius 3 is 2.37 bits per heavy atom. The number of nitrogens with zero attached hydrogens (tertiary/aromatic N) is 2. The van der Waals surface area contributed by atoms with E-state index in [9.17, 15) is 12.8 Å². The average Bonchev–Trinajstić information content (AvgIpc) is 2.34. The average molecular weight is 322 g/mol. The fourth-order valence-electron chi connectivity index (χ4n) is 1.26. The second-order valence-corrected chi connectivity index (χ2v) is 5.79. The Hall–Kier alpha value is -1.44. The van der Waals surface area contributed by atoms with Gasteiger partial charge in [0.05, 0.1) is 4.90 Å². The quantitative estimate of drug-likeness (QED) is 0.882. The van der Waals surface area contributed by atoms with E-state index in [-0.39, 0.29) is 20.9 Å². The van der Waals surface area contributed by atoms with Crippen molar-refractivity contribution in [2.24, 2.45) is 0 Å². The third-order valence-electron chi connectivity index (χ3n) is 2.10. The van der Waals surface area contributed by atoms with E-state index in [1.807, 2.05) is 0 Å². The van der Waals surface area contributed by atoms with Crippen LogP contribution >= 0.6 is 23.2 Å². The SMILES string of the molecule is O=S(=O)(Nc1c(Cl)ncnc1Cl)c1cccc(F)c1. The number of hydrogen-bond acceptors (Lipinski definition) is 4. The molecule has 0 saturated carbocycles. The molecule has 1 N–H and O–H groups in total. The summed E-state index contributed by atoms with van der Waals surface area (Å²) in [5, 5.41) is -0.306. The van der Waals surface area contributed by atoms with Crippen molar-refractivity contribution in [3.05, 3.63) is 46.7 Å². The van der Waals surface area contributed by atoms with Gasteiger partial charge in [0.1, 0.15) is 17.8 Å². The molecule has 9 heteroatoms. The Balaban J connectivity index is 2.42. The molecule has 0 aliphatic heterocycles. The lowest BCUT2D eigenvalue weighted by atomic mass is 10.4. The first-order chi connectivity index (χ1) is 8.90. The summed E-state index contributed by atoms with van der Waals surface area (Å²) in [6.07, 6.45) is 1.09. The molecule has 0 aliphatic carbocycles. The van der Waals surface area contributed by atoms with Crippen LogP contribution in [0.1, 0.15) is 0 Å². The summed E-state index contributed by atoms with van der Waals surface area (Å²) < 4.78 is 39.2. The summed E-state index contributed by atoms with van der Waals surface area (Å²) in [4.78, 5) is 6.95. The lowest BCUT2D eigenvalue weighted by Gasteiger charge is -2.09. The van der Waals surface area contributed by atoms with Crippen molar-refractivity contribution >= 4 is 38.9 Å². The summed E-state index contributed by atoms with van der Waals surface area (Å²) in [6.45, 7) is 0. The highest BCUT2D eigenvalue weighted by Crippen LogP contribution is 2.28. The topological polar surface area (TPSA) is 72.0 Å². The highest BCUT2D eigenvalue weighted by molar-refractivity contribution is 7.92. The van der Waals surface area contributed by atoms with Crippen LogP contribution in [0.15, 0.2) is 35.5 Å². The van der Waals surface area contributed by atoms with E-state index in [1.54, 1.807) is 0 Å². The number of rotatable bonds is 3. The summed E-state index contributed by atoms with van der Waals surface area (Å²) in [6, 6.07) is 4.50. The van der Waals surface area contributed by atoms with Crippen molar-refractivity contribution in [2.45, 2.75) is 4.90 Å².